The lowest BCUT2D eigenvalue weighted by Gasteiger charge is -2.24. The molecule has 0 radical (unpaired) electrons. The van der Waals surface area contributed by atoms with Crippen molar-refractivity contribution in [2.24, 2.45) is 16.6 Å². The van der Waals surface area contributed by atoms with Crippen LogP contribution in [0.4, 0.5) is 4.79 Å². The van der Waals surface area contributed by atoms with Crippen LogP contribution in [-0.4, -0.2) is 41.2 Å². The van der Waals surface area contributed by atoms with E-state index in [-0.39, 0.29) is 24.3 Å². The number of carbonyl (C=O) groups excluding carboxylic acids is 3. The van der Waals surface area contributed by atoms with Crippen LogP contribution in [-0.2, 0) is 27.5 Å². The number of nitrogens with one attached hydrogen (secondary N) is 1. The van der Waals surface area contributed by atoms with Crippen LogP contribution >= 0.6 is 0 Å². The third kappa shape index (κ3) is 7.95. The van der Waals surface area contributed by atoms with E-state index < -0.39 is 12.1 Å². The van der Waals surface area contributed by atoms with Crippen LogP contribution in [0.15, 0.2) is 59.6 Å². The molecule has 0 aromatic heterocycles. The fourth-order valence-electron chi connectivity index (χ4n) is 3.91. The number of likely N-dealkylation sites (tertiary alicyclic amines) is 1. The largest absolute Gasteiger partial charge is 0.443 e. The number of aliphatic imine (C=N–C) groups is 1. The van der Waals surface area contributed by atoms with Gasteiger partial charge in [-0.1, -0.05) is 68.4 Å². The molecule has 1 aliphatic heterocycles. The topological polar surface area (TPSA) is 114 Å². The molecule has 35 heavy (non-hydrogen) atoms. The van der Waals surface area contributed by atoms with Crippen molar-refractivity contribution in [3.8, 4) is 0 Å². The van der Waals surface area contributed by atoms with Crippen molar-refractivity contribution in [3.05, 3.63) is 71.3 Å². The second-order valence-electron chi connectivity index (χ2n) is 9.13. The minimum absolute atomic E-state index is 0.0535. The first kappa shape index (κ1) is 25.9. The van der Waals surface area contributed by atoms with Gasteiger partial charge in [-0.3, -0.25) is 9.59 Å². The van der Waals surface area contributed by atoms with E-state index in [0.717, 1.165) is 24.0 Å². The summed E-state index contributed by atoms with van der Waals surface area (Å²) in [7, 11) is 0. The average Bonchev–Trinajstić information content (AvgIpc) is 3.36. The molecular weight excluding hydrogens is 444 g/mol. The second-order valence-corrected chi connectivity index (χ2v) is 9.13. The van der Waals surface area contributed by atoms with E-state index in [1.807, 2.05) is 42.5 Å². The number of ether oxygens (including phenoxy) is 1. The van der Waals surface area contributed by atoms with E-state index in [1.54, 1.807) is 17.0 Å². The Balaban J connectivity index is 1.48. The van der Waals surface area contributed by atoms with Gasteiger partial charge in [-0.25, -0.2) is 4.79 Å². The first-order valence-corrected chi connectivity index (χ1v) is 12.0. The summed E-state index contributed by atoms with van der Waals surface area (Å²) in [6.45, 7) is 5.26. The summed E-state index contributed by atoms with van der Waals surface area (Å²) < 4.78 is 5.13. The maximum absolute atomic E-state index is 12.7. The zero-order valence-electron chi connectivity index (χ0n) is 20.4. The Bertz CT molecular complexity index is 1030. The Hall–Kier alpha value is -3.68. The van der Waals surface area contributed by atoms with Crippen LogP contribution in [0.2, 0.25) is 0 Å². The maximum Gasteiger partial charge on any atom is 0.435 e. The summed E-state index contributed by atoms with van der Waals surface area (Å²) in [6, 6.07) is 16.0. The van der Waals surface area contributed by atoms with Gasteiger partial charge in [0.2, 0.25) is 11.8 Å². The third-order valence-corrected chi connectivity index (χ3v) is 5.94. The van der Waals surface area contributed by atoms with Gasteiger partial charge in [0.05, 0.1) is 0 Å². The van der Waals surface area contributed by atoms with E-state index >= 15 is 0 Å². The number of carbonyl (C=O) groups is 3. The molecule has 2 aromatic rings. The first-order chi connectivity index (χ1) is 16.8. The molecule has 0 spiro atoms. The normalized spacial score (nSPS) is 15.8. The Morgan fingerprint density at radius 2 is 1.80 bits per heavy atom. The molecule has 186 valence electrons. The molecule has 1 fully saturated rings. The van der Waals surface area contributed by atoms with Crippen LogP contribution < -0.4 is 11.1 Å². The number of amidine groups is 1. The molecule has 0 saturated carbocycles. The van der Waals surface area contributed by atoms with Crippen LogP contribution in [0, 0.1) is 5.92 Å². The first-order valence-electron chi connectivity index (χ1n) is 12.0. The fourth-order valence-corrected chi connectivity index (χ4v) is 3.91. The van der Waals surface area contributed by atoms with Crippen molar-refractivity contribution >= 4 is 23.7 Å². The van der Waals surface area contributed by atoms with Gasteiger partial charge in [0.15, 0.2) is 0 Å². The molecular formula is C27H34N4O4. The lowest BCUT2D eigenvalue weighted by molar-refractivity contribution is -0.138. The standard InChI is InChI=1S/C27H34N4O4/c1-19(2)10-15-24(32)31-16-6-9-23(31)26(33)29-17-20-11-13-22(14-12-20)25(28)30-27(34)35-18-21-7-4-3-5-8-21/h3-5,7-8,11-14,19,23H,6,9-10,15-18H2,1-2H3,(H,29,33)(H2,28,30,34)/t23-/m0/s1. The molecule has 1 atom stereocenters. The minimum atomic E-state index is -0.758. The smallest absolute Gasteiger partial charge is 0.435 e. The van der Waals surface area contributed by atoms with E-state index in [2.05, 4.69) is 24.2 Å². The second kappa shape index (κ2) is 12.7. The summed E-state index contributed by atoms with van der Waals surface area (Å²) in [4.78, 5) is 42.7. The molecule has 1 heterocycles. The van der Waals surface area contributed by atoms with Gasteiger partial charge >= 0.3 is 6.09 Å². The lowest BCUT2D eigenvalue weighted by Crippen LogP contribution is -2.45. The Morgan fingerprint density at radius 1 is 1.09 bits per heavy atom. The van der Waals surface area contributed by atoms with Crippen molar-refractivity contribution in [2.75, 3.05) is 6.54 Å². The molecule has 8 heteroatoms. The van der Waals surface area contributed by atoms with Gasteiger partial charge in [0, 0.05) is 25.1 Å². The molecule has 0 aliphatic carbocycles. The molecule has 1 aliphatic rings. The highest BCUT2D eigenvalue weighted by atomic mass is 16.5. The number of benzene rings is 2. The SMILES string of the molecule is CC(C)CCC(=O)N1CCC[C@H]1C(=O)NCc1ccc(/C(N)=N/C(=O)OCc2ccccc2)cc1. The number of rotatable bonds is 9. The summed E-state index contributed by atoms with van der Waals surface area (Å²) in [5, 5.41) is 2.94. The monoisotopic (exact) mass is 478 g/mol. The number of nitrogens with two attached hydrogens (primary N) is 1. The Morgan fingerprint density at radius 3 is 2.49 bits per heavy atom. The van der Waals surface area contributed by atoms with E-state index in [0.29, 0.717) is 37.4 Å². The van der Waals surface area contributed by atoms with E-state index in [1.165, 1.54) is 0 Å². The maximum atomic E-state index is 12.7. The third-order valence-electron chi connectivity index (χ3n) is 5.94. The van der Waals surface area contributed by atoms with Gasteiger partial charge in [-0.05, 0) is 36.3 Å². The van der Waals surface area contributed by atoms with Gasteiger partial charge < -0.3 is 20.7 Å². The molecule has 1 saturated heterocycles. The summed E-state index contributed by atoms with van der Waals surface area (Å²) in [6.07, 6.45) is 2.07. The number of amides is 3. The Kier molecular flexibility index (Phi) is 9.40. The highest BCUT2D eigenvalue weighted by molar-refractivity contribution is 6.02. The molecule has 3 N–H and O–H groups in total. The zero-order chi connectivity index (χ0) is 25.2. The highest BCUT2D eigenvalue weighted by Gasteiger charge is 2.33. The molecule has 3 rings (SSSR count). The lowest BCUT2D eigenvalue weighted by atomic mass is 10.1. The molecule has 3 amide bonds. The van der Waals surface area contributed by atoms with Crippen LogP contribution in [0.25, 0.3) is 0 Å². The van der Waals surface area contributed by atoms with Gasteiger partial charge in [-0.2, -0.15) is 4.99 Å². The summed E-state index contributed by atoms with van der Waals surface area (Å²) >= 11 is 0. The van der Waals surface area contributed by atoms with E-state index in [9.17, 15) is 14.4 Å². The highest BCUT2D eigenvalue weighted by Crippen LogP contribution is 2.20. The molecule has 8 nitrogen and oxygen atoms in total. The number of hydrogen-bond acceptors (Lipinski definition) is 4. The summed E-state index contributed by atoms with van der Waals surface area (Å²) in [5.74, 6) is 0.431. The molecule has 0 bridgehead atoms. The van der Waals surface area contributed by atoms with Crippen LogP contribution in [0.5, 0.6) is 0 Å². The predicted molar refractivity (Wildman–Crippen MR) is 134 cm³/mol. The van der Waals surface area contributed by atoms with Gasteiger partial charge in [0.1, 0.15) is 18.5 Å². The quantitative estimate of drug-likeness (QED) is 0.421. The Labute approximate surface area is 206 Å². The van der Waals surface area contributed by atoms with Crippen molar-refractivity contribution in [3.63, 3.8) is 0 Å². The molecule has 0 unspecified atom stereocenters. The zero-order valence-corrected chi connectivity index (χ0v) is 20.4. The predicted octanol–water partition coefficient (Wildman–Crippen LogP) is 3.77. The molecule has 2 aromatic carbocycles. The van der Waals surface area contributed by atoms with Crippen molar-refractivity contribution < 1.29 is 19.1 Å². The van der Waals surface area contributed by atoms with Gasteiger partial charge in [-0.15, -0.1) is 0 Å². The van der Waals surface area contributed by atoms with Gasteiger partial charge in [0.25, 0.3) is 0 Å². The van der Waals surface area contributed by atoms with Crippen molar-refractivity contribution in [1.82, 2.24) is 10.2 Å². The minimum Gasteiger partial charge on any atom is -0.443 e. The van der Waals surface area contributed by atoms with Crippen LogP contribution in [0.1, 0.15) is 56.2 Å². The number of hydrogen-bond donors (Lipinski definition) is 2. The number of nitrogens with zero attached hydrogens (tertiary/aromatic N) is 2. The van der Waals surface area contributed by atoms with E-state index in [4.69, 9.17) is 10.5 Å². The van der Waals surface area contributed by atoms with Crippen molar-refractivity contribution in [2.45, 2.75) is 58.7 Å². The van der Waals surface area contributed by atoms with Crippen LogP contribution in [0.3, 0.4) is 0 Å². The summed E-state index contributed by atoms with van der Waals surface area (Å²) in [5.41, 5.74) is 8.26. The fraction of sp³-hybridized carbons (Fsp3) is 0.407. The van der Waals surface area contributed by atoms with Crippen molar-refractivity contribution in [1.29, 1.82) is 0 Å². The average molecular weight is 479 g/mol.